The Morgan fingerprint density at radius 2 is 2.12 bits per heavy atom. The van der Waals surface area contributed by atoms with Crippen molar-refractivity contribution in [3.05, 3.63) is 27.5 Å². The van der Waals surface area contributed by atoms with Gasteiger partial charge >= 0.3 is 0 Å². The summed E-state index contributed by atoms with van der Waals surface area (Å²) in [6, 6.07) is 2.82. The van der Waals surface area contributed by atoms with Crippen LogP contribution in [-0.2, 0) is 16.7 Å². The first-order chi connectivity index (χ1) is 7.76. The van der Waals surface area contributed by atoms with Gasteiger partial charge in [-0.2, -0.15) is 13.7 Å². The second-order valence-corrected chi connectivity index (χ2v) is 4.99. The lowest BCUT2D eigenvalue weighted by atomic mass is 10.1. The Morgan fingerprint density at radius 1 is 1.53 bits per heavy atom. The zero-order chi connectivity index (χ0) is 13.2. The lowest BCUT2D eigenvalue weighted by Gasteiger charge is -2.09. The van der Waals surface area contributed by atoms with E-state index in [1.165, 1.54) is 6.92 Å². The molecule has 0 aliphatic carbocycles. The number of nitrogens with zero attached hydrogens (tertiary/aromatic N) is 2. The van der Waals surface area contributed by atoms with Gasteiger partial charge in [0.2, 0.25) is 5.88 Å². The monoisotopic (exact) mass is 258 g/mol. The summed E-state index contributed by atoms with van der Waals surface area (Å²) >= 11 is 0. The summed E-state index contributed by atoms with van der Waals surface area (Å²) in [4.78, 5) is 11.5. The fourth-order valence-corrected chi connectivity index (χ4v) is 1.73. The number of aromatic nitrogens is 1. The first kappa shape index (κ1) is 13.2. The molecule has 0 aliphatic rings. The van der Waals surface area contributed by atoms with Crippen LogP contribution in [0.4, 0.5) is 0 Å². The van der Waals surface area contributed by atoms with Crippen LogP contribution >= 0.6 is 0 Å². The van der Waals surface area contributed by atoms with Crippen molar-refractivity contribution in [2.75, 3.05) is 5.75 Å². The van der Waals surface area contributed by atoms with Crippen molar-refractivity contribution in [1.82, 2.24) is 4.57 Å². The van der Waals surface area contributed by atoms with Gasteiger partial charge in [0.25, 0.3) is 15.7 Å². The molecule has 0 saturated heterocycles. The number of hydrogen-bond acceptors (Lipinski definition) is 5. The van der Waals surface area contributed by atoms with Gasteiger partial charge in [-0.05, 0) is 12.5 Å². The molecule has 1 aromatic rings. The van der Waals surface area contributed by atoms with Crippen molar-refractivity contribution >= 4 is 10.1 Å². The molecule has 0 bridgehead atoms. The minimum absolute atomic E-state index is 0.0973. The number of hydrogen-bond donors (Lipinski definition) is 2. The van der Waals surface area contributed by atoms with Gasteiger partial charge in [0.15, 0.2) is 0 Å². The molecule has 0 amide bonds. The first-order valence-corrected chi connectivity index (χ1v) is 6.16. The van der Waals surface area contributed by atoms with Crippen molar-refractivity contribution in [2.45, 2.75) is 13.5 Å². The zero-order valence-corrected chi connectivity index (χ0v) is 9.73. The van der Waals surface area contributed by atoms with E-state index in [1.54, 1.807) is 6.07 Å². The fourth-order valence-electron chi connectivity index (χ4n) is 1.31. The van der Waals surface area contributed by atoms with Crippen LogP contribution in [0.1, 0.15) is 11.1 Å². The standard InChI is InChI=1S/C9H10N2O5S/c1-6-4-8(12)11(2-3-17(14,15)16)9(13)7(6)5-10/h4,13H,2-3H2,1H3,(H,14,15,16). The van der Waals surface area contributed by atoms with Crippen molar-refractivity contribution in [2.24, 2.45) is 0 Å². The number of aryl methyl sites for hydroxylation is 1. The molecule has 0 saturated carbocycles. The molecule has 0 aliphatic heterocycles. The van der Waals surface area contributed by atoms with Gasteiger partial charge in [-0.15, -0.1) is 0 Å². The van der Waals surface area contributed by atoms with Crippen molar-refractivity contribution < 1.29 is 18.1 Å². The molecule has 0 aromatic carbocycles. The van der Waals surface area contributed by atoms with Crippen LogP contribution in [0.2, 0.25) is 0 Å². The topological polar surface area (TPSA) is 120 Å². The smallest absolute Gasteiger partial charge is 0.266 e. The highest BCUT2D eigenvalue weighted by atomic mass is 32.2. The fraction of sp³-hybridized carbons (Fsp3) is 0.333. The van der Waals surface area contributed by atoms with E-state index in [0.717, 1.165) is 10.6 Å². The molecular formula is C9H10N2O5S. The highest BCUT2D eigenvalue weighted by Crippen LogP contribution is 2.17. The Kier molecular flexibility index (Phi) is 3.55. The van der Waals surface area contributed by atoms with Crippen LogP contribution in [0.25, 0.3) is 0 Å². The first-order valence-electron chi connectivity index (χ1n) is 4.55. The third kappa shape index (κ3) is 3.05. The number of aromatic hydroxyl groups is 1. The normalized spacial score (nSPS) is 11.1. The van der Waals surface area contributed by atoms with Gasteiger partial charge < -0.3 is 5.11 Å². The Morgan fingerprint density at radius 3 is 2.59 bits per heavy atom. The van der Waals surface area contributed by atoms with Gasteiger partial charge in [0.1, 0.15) is 11.6 Å². The molecular weight excluding hydrogens is 248 g/mol. The largest absolute Gasteiger partial charge is 0.493 e. The van der Waals surface area contributed by atoms with Crippen molar-refractivity contribution in [3.63, 3.8) is 0 Å². The molecule has 1 rings (SSSR count). The van der Waals surface area contributed by atoms with Crippen LogP contribution in [0.3, 0.4) is 0 Å². The number of pyridine rings is 1. The predicted molar refractivity (Wildman–Crippen MR) is 58.2 cm³/mol. The highest BCUT2D eigenvalue weighted by Gasteiger charge is 2.14. The third-order valence-electron chi connectivity index (χ3n) is 2.16. The third-order valence-corrected chi connectivity index (χ3v) is 2.86. The van der Waals surface area contributed by atoms with Gasteiger partial charge in [0, 0.05) is 12.6 Å². The van der Waals surface area contributed by atoms with Gasteiger partial charge in [0.05, 0.1) is 5.75 Å². The number of nitriles is 1. The van der Waals surface area contributed by atoms with Crippen LogP contribution in [0.15, 0.2) is 10.9 Å². The average molecular weight is 258 g/mol. The Hall–Kier alpha value is -1.85. The molecule has 17 heavy (non-hydrogen) atoms. The van der Waals surface area contributed by atoms with Gasteiger partial charge in [-0.1, -0.05) is 0 Å². The van der Waals surface area contributed by atoms with Gasteiger partial charge in [-0.25, -0.2) is 0 Å². The van der Waals surface area contributed by atoms with Crippen molar-refractivity contribution in [1.29, 1.82) is 5.26 Å². The van der Waals surface area contributed by atoms with Crippen molar-refractivity contribution in [3.8, 4) is 11.9 Å². The molecule has 92 valence electrons. The SMILES string of the molecule is Cc1cc(=O)n(CCS(=O)(=O)O)c(O)c1C#N. The second kappa shape index (κ2) is 4.57. The second-order valence-electron chi connectivity index (χ2n) is 3.41. The Balaban J connectivity index is 3.27. The maximum Gasteiger partial charge on any atom is 0.266 e. The van der Waals surface area contributed by atoms with Crippen LogP contribution in [0.5, 0.6) is 5.88 Å². The summed E-state index contributed by atoms with van der Waals surface area (Å²) in [5.41, 5.74) is -0.430. The van der Waals surface area contributed by atoms with Gasteiger partial charge in [-0.3, -0.25) is 13.9 Å². The lowest BCUT2D eigenvalue weighted by Crippen LogP contribution is -2.24. The van der Waals surface area contributed by atoms with E-state index in [-0.39, 0.29) is 5.56 Å². The van der Waals surface area contributed by atoms with E-state index in [2.05, 4.69) is 0 Å². The quantitative estimate of drug-likeness (QED) is 0.713. The summed E-state index contributed by atoms with van der Waals surface area (Å²) in [7, 11) is -4.24. The lowest BCUT2D eigenvalue weighted by molar-refractivity contribution is 0.406. The van der Waals surface area contributed by atoms with Crippen LogP contribution in [0, 0.1) is 18.3 Å². The minimum Gasteiger partial charge on any atom is -0.493 e. The molecule has 0 fully saturated rings. The summed E-state index contributed by atoms with van der Waals surface area (Å²) in [6.45, 7) is 1.06. The molecule has 7 nitrogen and oxygen atoms in total. The van der Waals surface area contributed by atoms with E-state index in [4.69, 9.17) is 9.81 Å². The van der Waals surface area contributed by atoms with Crippen LogP contribution < -0.4 is 5.56 Å². The van der Waals surface area contributed by atoms with Crippen LogP contribution in [-0.4, -0.2) is 28.4 Å². The highest BCUT2D eigenvalue weighted by molar-refractivity contribution is 7.85. The average Bonchev–Trinajstić information content (AvgIpc) is 2.15. The molecule has 1 aromatic heterocycles. The Labute approximate surface area is 97.3 Å². The summed E-state index contributed by atoms with van der Waals surface area (Å²) in [5, 5.41) is 18.4. The predicted octanol–water partition coefficient (Wildman–Crippen LogP) is -0.378. The molecule has 1 heterocycles. The molecule has 2 N–H and O–H groups in total. The van der Waals surface area contributed by atoms with E-state index in [1.807, 2.05) is 0 Å². The minimum atomic E-state index is -4.24. The molecule has 8 heteroatoms. The van der Waals surface area contributed by atoms with E-state index < -0.39 is 33.9 Å². The maximum absolute atomic E-state index is 11.5. The molecule has 0 radical (unpaired) electrons. The zero-order valence-electron chi connectivity index (χ0n) is 8.91. The molecule has 0 spiro atoms. The molecule has 0 atom stereocenters. The van der Waals surface area contributed by atoms with E-state index in [0.29, 0.717) is 5.56 Å². The van der Waals surface area contributed by atoms with E-state index in [9.17, 15) is 18.3 Å². The summed E-state index contributed by atoms with van der Waals surface area (Å²) in [6.07, 6.45) is 0. The maximum atomic E-state index is 11.5. The Bertz CT molecular complexity index is 639. The number of rotatable bonds is 3. The van der Waals surface area contributed by atoms with E-state index >= 15 is 0 Å². The molecule has 0 unspecified atom stereocenters. The summed E-state index contributed by atoms with van der Waals surface area (Å²) < 4.78 is 30.4. The summed E-state index contributed by atoms with van der Waals surface area (Å²) in [5.74, 6) is -1.31.